The number of carbonyl (C=O) groups is 1. The molecule has 0 N–H and O–H groups in total. The molecular formula is C14H20BrNO. The van der Waals surface area contributed by atoms with Crippen LogP contribution in [0.3, 0.4) is 0 Å². The zero-order valence-corrected chi connectivity index (χ0v) is 12.1. The highest BCUT2D eigenvalue weighted by atomic mass is 79.9. The fourth-order valence-corrected chi connectivity index (χ4v) is 2.08. The van der Waals surface area contributed by atoms with Crippen molar-refractivity contribution in [3.8, 4) is 0 Å². The lowest BCUT2D eigenvalue weighted by Gasteiger charge is -2.24. The zero-order chi connectivity index (χ0) is 12.7. The van der Waals surface area contributed by atoms with Crippen LogP contribution in [-0.2, 0) is 4.79 Å². The van der Waals surface area contributed by atoms with Gasteiger partial charge >= 0.3 is 0 Å². The Bertz CT molecular complexity index is 339. The van der Waals surface area contributed by atoms with Gasteiger partial charge in [0.2, 0.25) is 5.91 Å². The topological polar surface area (TPSA) is 20.3 Å². The van der Waals surface area contributed by atoms with E-state index in [0.717, 1.165) is 30.4 Å². The Hall–Kier alpha value is -0.830. The number of likely N-dealkylation sites (N-methyl/N-ethyl adjacent to an activating group) is 1. The van der Waals surface area contributed by atoms with Crippen LogP contribution in [0.2, 0.25) is 0 Å². The van der Waals surface area contributed by atoms with Crippen LogP contribution >= 0.6 is 15.9 Å². The number of hydrogen-bond donors (Lipinski definition) is 0. The molecule has 1 rings (SSSR count). The minimum Gasteiger partial charge on any atom is -0.342 e. The van der Waals surface area contributed by atoms with Gasteiger partial charge in [0.15, 0.2) is 0 Å². The lowest BCUT2D eigenvalue weighted by atomic mass is 10.00. The number of alkyl halides is 1. The van der Waals surface area contributed by atoms with E-state index in [0.29, 0.717) is 0 Å². The molecule has 0 fully saturated rings. The monoisotopic (exact) mass is 297 g/mol. The number of hydrogen-bond acceptors (Lipinski definition) is 1. The van der Waals surface area contributed by atoms with Gasteiger partial charge in [0, 0.05) is 18.4 Å². The second-order valence-electron chi connectivity index (χ2n) is 4.09. The van der Waals surface area contributed by atoms with Gasteiger partial charge in [-0.3, -0.25) is 4.79 Å². The van der Waals surface area contributed by atoms with E-state index in [9.17, 15) is 4.79 Å². The van der Waals surface area contributed by atoms with Crippen molar-refractivity contribution >= 4 is 21.8 Å². The zero-order valence-electron chi connectivity index (χ0n) is 10.5. The molecule has 0 aliphatic heterocycles. The summed E-state index contributed by atoms with van der Waals surface area (Å²) in [7, 11) is 0. The molecule has 0 aliphatic rings. The van der Waals surface area contributed by atoms with E-state index in [-0.39, 0.29) is 11.8 Å². The Morgan fingerprint density at radius 3 is 2.53 bits per heavy atom. The maximum atomic E-state index is 12.3. The largest absolute Gasteiger partial charge is 0.342 e. The third-order valence-electron chi connectivity index (χ3n) is 2.93. The fourth-order valence-electron chi connectivity index (χ4n) is 1.83. The van der Waals surface area contributed by atoms with Gasteiger partial charge in [-0.05, 0) is 25.8 Å². The summed E-state index contributed by atoms with van der Waals surface area (Å²) in [6.45, 7) is 5.62. The molecule has 1 aromatic carbocycles. The van der Waals surface area contributed by atoms with Crippen molar-refractivity contribution < 1.29 is 4.79 Å². The Kier molecular flexibility index (Phi) is 6.27. The molecule has 0 saturated heterocycles. The van der Waals surface area contributed by atoms with Crippen molar-refractivity contribution in [2.45, 2.75) is 26.2 Å². The second kappa shape index (κ2) is 7.49. The van der Waals surface area contributed by atoms with Crippen molar-refractivity contribution in [3.63, 3.8) is 0 Å². The molecule has 1 amide bonds. The van der Waals surface area contributed by atoms with E-state index in [1.807, 2.05) is 49.1 Å². The first-order chi connectivity index (χ1) is 8.20. The van der Waals surface area contributed by atoms with Gasteiger partial charge in [0.05, 0.1) is 5.92 Å². The number of halogens is 1. The second-order valence-corrected chi connectivity index (χ2v) is 4.89. The summed E-state index contributed by atoms with van der Waals surface area (Å²) in [5.41, 5.74) is 1.09. The summed E-state index contributed by atoms with van der Waals surface area (Å²) in [6, 6.07) is 9.96. The maximum absolute atomic E-state index is 12.3. The molecule has 17 heavy (non-hydrogen) atoms. The van der Waals surface area contributed by atoms with Gasteiger partial charge in [0.1, 0.15) is 0 Å². The van der Waals surface area contributed by atoms with Crippen LogP contribution in [0.15, 0.2) is 30.3 Å². The Morgan fingerprint density at radius 1 is 1.35 bits per heavy atom. The summed E-state index contributed by atoms with van der Waals surface area (Å²) >= 11 is 3.40. The maximum Gasteiger partial charge on any atom is 0.229 e. The standard InChI is InChI=1S/C14H20BrNO/c1-3-16(11-7-10-15)14(17)12(2)13-8-5-4-6-9-13/h4-6,8-9,12H,3,7,10-11H2,1-2H3. The molecule has 2 nitrogen and oxygen atoms in total. The van der Waals surface area contributed by atoms with E-state index in [1.165, 1.54) is 0 Å². The van der Waals surface area contributed by atoms with E-state index in [2.05, 4.69) is 15.9 Å². The van der Waals surface area contributed by atoms with Crippen LogP contribution in [0.1, 0.15) is 31.7 Å². The van der Waals surface area contributed by atoms with Gasteiger partial charge in [-0.15, -0.1) is 0 Å². The molecule has 1 aromatic rings. The summed E-state index contributed by atoms with van der Waals surface area (Å²) in [5, 5.41) is 0.941. The molecule has 0 heterocycles. The van der Waals surface area contributed by atoms with E-state index < -0.39 is 0 Å². The summed E-state index contributed by atoms with van der Waals surface area (Å²) in [5.74, 6) is 0.172. The van der Waals surface area contributed by atoms with E-state index in [1.54, 1.807) is 0 Å². The molecule has 1 atom stereocenters. The first-order valence-electron chi connectivity index (χ1n) is 6.10. The van der Waals surface area contributed by atoms with Gasteiger partial charge < -0.3 is 4.90 Å². The molecule has 3 heteroatoms. The normalized spacial score (nSPS) is 12.2. The third kappa shape index (κ3) is 4.15. The van der Waals surface area contributed by atoms with Crippen molar-refractivity contribution in [1.29, 1.82) is 0 Å². The first-order valence-corrected chi connectivity index (χ1v) is 7.22. The quantitative estimate of drug-likeness (QED) is 0.737. The van der Waals surface area contributed by atoms with Crippen LogP contribution < -0.4 is 0 Å². The lowest BCUT2D eigenvalue weighted by Crippen LogP contribution is -2.35. The van der Waals surface area contributed by atoms with Crippen molar-refractivity contribution in [1.82, 2.24) is 4.90 Å². The predicted molar refractivity (Wildman–Crippen MR) is 75.5 cm³/mol. The van der Waals surface area contributed by atoms with Crippen molar-refractivity contribution in [3.05, 3.63) is 35.9 Å². The molecule has 0 spiro atoms. The van der Waals surface area contributed by atoms with E-state index >= 15 is 0 Å². The van der Waals surface area contributed by atoms with Crippen LogP contribution in [0.25, 0.3) is 0 Å². The highest BCUT2D eigenvalue weighted by Gasteiger charge is 2.19. The molecule has 0 saturated carbocycles. The summed E-state index contributed by atoms with van der Waals surface area (Å²) < 4.78 is 0. The van der Waals surface area contributed by atoms with Gasteiger partial charge in [0.25, 0.3) is 0 Å². The molecule has 1 unspecified atom stereocenters. The smallest absolute Gasteiger partial charge is 0.229 e. The lowest BCUT2D eigenvalue weighted by molar-refractivity contribution is -0.132. The van der Waals surface area contributed by atoms with Crippen LogP contribution in [-0.4, -0.2) is 29.2 Å². The number of benzene rings is 1. The van der Waals surface area contributed by atoms with E-state index in [4.69, 9.17) is 0 Å². The molecular weight excluding hydrogens is 278 g/mol. The van der Waals surface area contributed by atoms with Gasteiger partial charge in [-0.1, -0.05) is 46.3 Å². The van der Waals surface area contributed by atoms with Crippen molar-refractivity contribution in [2.75, 3.05) is 18.4 Å². The predicted octanol–water partition coefficient (Wildman–Crippen LogP) is 3.42. The third-order valence-corrected chi connectivity index (χ3v) is 3.49. The first kappa shape index (κ1) is 14.2. The number of rotatable bonds is 6. The summed E-state index contributed by atoms with van der Waals surface area (Å²) in [4.78, 5) is 14.2. The minimum atomic E-state index is -0.0496. The van der Waals surface area contributed by atoms with Crippen LogP contribution in [0.5, 0.6) is 0 Å². The number of nitrogens with zero attached hydrogens (tertiary/aromatic N) is 1. The van der Waals surface area contributed by atoms with Crippen molar-refractivity contribution in [2.24, 2.45) is 0 Å². The van der Waals surface area contributed by atoms with Gasteiger partial charge in [-0.25, -0.2) is 0 Å². The summed E-state index contributed by atoms with van der Waals surface area (Å²) in [6.07, 6.45) is 1.00. The average Bonchev–Trinajstić information content (AvgIpc) is 2.39. The number of amides is 1. The molecule has 0 aromatic heterocycles. The Balaban J connectivity index is 2.67. The Morgan fingerprint density at radius 2 is 2.00 bits per heavy atom. The fraction of sp³-hybridized carbons (Fsp3) is 0.500. The average molecular weight is 298 g/mol. The highest BCUT2D eigenvalue weighted by molar-refractivity contribution is 9.09. The van der Waals surface area contributed by atoms with Crippen LogP contribution in [0.4, 0.5) is 0 Å². The SMILES string of the molecule is CCN(CCCBr)C(=O)C(C)c1ccccc1. The molecule has 94 valence electrons. The molecule has 0 aliphatic carbocycles. The van der Waals surface area contributed by atoms with Crippen LogP contribution in [0, 0.1) is 0 Å². The molecule has 0 bridgehead atoms. The highest BCUT2D eigenvalue weighted by Crippen LogP contribution is 2.17. The Labute approximate surface area is 112 Å². The minimum absolute atomic E-state index is 0.0496. The number of carbonyl (C=O) groups excluding carboxylic acids is 1. The van der Waals surface area contributed by atoms with Gasteiger partial charge in [-0.2, -0.15) is 0 Å². The molecule has 0 radical (unpaired) electrons.